The van der Waals surface area contributed by atoms with Gasteiger partial charge >= 0.3 is 0 Å². The van der Waals surface area contributed by atoms with Crippen LogP contribution in [-0.2, 0) is 0 Å². The van der Waals surface area contributed by atoms with Crippen LogP contribution in [0, 0.1) is 0 Å². The van der Waals surface area contributed by atoms with E-state index in [4.69, 9.17) is 5.73 Å². The summed E-state index contributed by atoms with van der Waals surface area (Å²) in [6.45, 7) is 0. The van der Waals surface area contributed by atoms with E-state index < -0.39 is 5.91 Å². The smallest absolute Gasteiger partial charge is 0.250 e. The summed E-state index contributed by atoms with van der Waals surface area (Å²) in [6.07, 6.45) is 1.93. The van der Waals surface area contributed by atoms with Crippen LogP contribution in [0.5, 0.6) is 0 Å². The first kappa shape index (κ1) is 10.6. The molecule has 88 valence electrons. The highest BCUT2D eigenvalue weighted by atomic mass is 16.1. The van der Waals surface area contributed by atoms with E-state index in [2.05, 4.69) is 0 Å². The molecule has 3 heteroatoms. The zero-order valence-electron chi connectivity index (χ0n) is 9.71. The van der Waals surface area contributed by atoms with Gasteiger partial charge in [0.25, 0.3) is 5.91 Å². The van der Waals surface area contributed by atoms with E-state index in [1.54, 1.807) is 6.07 Å². The fourth-order valence-electron chi connectivity index (χ4n) is 2.20. The Morgan fingerprint density at radius 3 is 2.56 bits per heavy atom. The monoisotopic (exact) mass is 236 g/mol. The van der Waals surface area contributed by atoms with Crippen molar-refractivity contribution < 1.29 is 4.79 Å². The van der Waals surface area contributed by atoms with Crippen LogP contribution in [0.15, 0.2) is 60.8 Å². The Balaban J connectivity index is 2.28. The Morgan fingerprint density at radius 1 is 0.944 bits per heavy atom. The second-order valence-electron chi connectivity index (χ2n) is 4.13. The van der Waals surface area contributed by atoms with Gasteiger partial charge in [-0.3, -0.25) is 4.79 Å². The lowest BCUT2D eigenvalue weighted by molar-refractivity contribution is 0.100. The summed E-state index contributed by atoms with van der Waals surface area (Å²) in [6, 6.07) is 17.4. The molecule has 0 fully saturated rings. The highest BCUT2D eigenvalue weighted by Gasteiger charge is 2.12. The third-order valence-corrected chi connectivity index (χ3v) is 3.03. The van der Waals surface area contributed by atoms with E-state index in [1.165, 1.54) is 0 Å². The maximum atomic E-state index is 11.5. The van der Waals surface area contributed by atoms with Crippen molar-refractivity contribution in [3.63, 3.8) is 0 Å². The summed E-state index contributed by atoms with van der Waals surface area (Å²) in [5, 5.41) is 0. The minimum absolute atomic E-state index is 0.415. The lowest BCUT2D eigenvalue weighted by Crippen LogP contribution is -2.15. The number of carbonyl (C=O) groups is 1. The topological polar surface area (TPSA) is 48.0 Å². The quantitative estimate of drug-likeness (QED) is 0.730. The first-order valence-electron chi connectivity index (χ1n) is 5.72. The van der Waals surface area contributed by atoms with Crippen LogP contribution in [-0.4, -0.2) is 10.5 Å². The van der Waals surface area contributed by atoms with Crippen LogP contribution in [0.25, 0.3) is 16.9 Å². The molecular weight excluding hydrogens is 224 g/mol. The third-order valence-electron chi connectivity index (χ3n) is 3.03. The second kappa shape index (κ2) is 4.04. The lowest BCUT2D eigenvalue weighted by atomic mass is 10.1. The highest BCUT2D eigenvalue weighted by molar-refractivity contribution is 5.96. The van der Waals surface area contributed by atoms with E-state index in [1.807, 2.05) is 59.3 Å². The lowest BCUT2D eigenvalue weighted by Gasteiger charge is -2.15. The molecule has 0 unspecified atom stereocenters. The SMILES string of the molecule is NC(=O)c1ccccc1-n1cccc2cccc1-2. The van der Waals surface area contributed by atoms with Gasteiger partial charge in [0.05, 0.1) is 16.9 Å². The van der Waals surface area contributed by atoms with Crippen molar-refractivity contribution >= 4 is 5.91 Å². The number of hydrogen-bond donors (Lipinski definition) is 1. The molecule has 0 radical (unpaired) electrons. The number of fused-ring (bicyclic) bond motifs is 1. The molecule has 1 aliphatic heterocycles. The maximum absolute atomic E-state index is 11.5. The number of nitrogens with two attached hydrogens (primary N) is 1. The number of hydrogen-bond acceptors (Lipinski definition) is 1. The molecule has 0 saturated heterocycles. The number of nitrogens with zero attached hydrogens (tertiary/aromatic N) is 1. The van der Waals surface area contributed by atoms with Crippen molar-refractivity contribution in [1.29, 1.82) is 0 Å². The summed E-state index contributed by atoms with van der Waals surface area (Å²) >= 11 is 0. The molecule has 1 amide bonds. The molecule has 0 saturated carbocycles. The van der Waals surface area contributed by atoms with E-state index in [-0.39, 0.29) is 0 Å². The first-order valence-corrected chi connectivity index (χ1v) is 5.72. The molecule has 0 spiro atoms. The summed E-state index contributed by atoms with van der Waals surface area (Å²) in [7, 11) is 0. The molecule has 1 aromatic rings. The van der Waals surface area contributed by atoms with Crippen LogP contribution in [0.1, 0.15) is 10.4 Å². The van der Waals surface area contributed by atoms with Crippen molar-refractivity contribution in [2.75, 3.05) is 0 Å². The molecule has 18 heavy (non-hydrogen) atoms. The van der Waals surface area contributed by atoms with Gasteiger partial charge in [0, 0.05) is 6.20 Å². The zero-order chi connectivity index (χ0) is 12.5. The number of carbonyl (C=O) groups excluding carboxylic acids is 1. The standard InChI is InChI=1S/C15H12N2O/c16-15(18)12-7-1-2-8-14(12)17-10-4-6-11-5-3-9-13(11)17/h1-10H,(H2,16,18). The Bertz CT molecular complexity index is 684. The molecule has 1 aliphatic carbocycles. The molecular formula is C15H12N2O. The van der Waals surface area contributed by atoms with Gasteiger partial charge in [-0.2, -0.15) is 0 Å². The summed E-state index contributed by atoms with van der Waals surface area (Å²) in [5.74, 6) is -0.415. The summed E-state index contributed by atoms with van der Waals surface area (Å²) < 4.78 is 1.98. The summed E-state index contributed by atoms with van der Waals surface area (Å²) in [4.78, 5) is 11.5. The molecule has 0 aromatic heterocycles. The predicted molar refractivity (Wildman–Crippen MR) is 70.9 cm³/mol. The minimum atomic E-state index is -0.415. The van der Waals surface area contributed by atoms with E-state index >= 15 is 0 Å². The molecule has 1 heterocycles. The third kappa shape index (κ3) is 1.57. The van der Waals surface area contributed by atoms with E-state index in [0.717, 1.165) is 16.9 Å². The fraction of sp³-hybridized carbons (Fsp3) is 0. The molecule has 3 rings (SSSR count). The van der Waals surface area contributed by atoms with Crippen LogP contribution >= 0.6 is 0 Å². The number of para-hydroxylation sites is 1. The molecule has 2 N–H and O–H groups in total. The Labute approximate surface area is 105 Å². The van der Waals surface area contributed by atoms with Crippen molar-refractivity contribution in [3.05, 3.63) is 66.4 Å². The normalized spacial score (nSPS) is 10.7. The number of amides is 1. The Hall–Kier alpha value is -2.55. The molecule has 1 aromatic carbocycles. The van der Waals surface area contributed by atoms with E-state index in [0.29, 0.717) is 5.56 Å². The molecule has 0 bridgehead atoms. The molecule has 2 aliphatic rings. The fourth-order valence-corrected chi connectivity index (χ4v) is 2.20. The van der Waals surface area contributed by atoms with Crippen LogP contribution < -0.4 is 5.73 Å². The van der Waals surface area contributed by atoms with Gasteiger partial charge in [-0.1, -0.05) is 30.3 Å². The van der Waals surface area contributed by atoms with Crippen LogP contribution in [0.4, 0.5) is 0 Å². The van der Waals surface area contributed by atoms with Gasteiger partial charge < -0.3 is 10.3 Å². The summed E-state index contributed by atoms with van der Waals surface area (Å²) in [5.41, 5.74) is 8.95. The van der Waals surface area contributed by atoms with Crippen LogP contribution in [0.3, 0.4) is 0 Å². The van der Waals surface area contributed by atoms with Crippen LogP contribution in [0.2, 0.25) is 0 Å². The van der Waals surface area contributed by atoms with Gasteiger partial charge in [-0.05, 0) is 29.8 Å². The maximum Gasteiger partial charge on any atom is 0.250 e. The largest absolute Gasteiger partial charge is 0.366 e. The van der Waals surface area contributed by atoms with Gasteiger partial charge in [-0.15, -0.1) is 0 Å². The van der Waals surface area contributed by atoms with Gasteiger partial charge in [0.2, 0.25) is 0 Å². The van der Waals surface area contributed by atoms with Crippen molar-refractivity contribution in [2.24, 2.45) is 5.73 Å². The number of aromatic nitrogens is 1. The average molecular weight is 236 g/mol. The highest BCUT2D eigenvalue weighted by Crippen LogP contribution is 2.26. The number of rotatable bonds is 2. The zero-order valence-corrected chi connectivity index (χ0v) is 9.71. The van der Waals surface area contributed by atoms with Gasteiger partial charge in [0.15, 0.2) is 0 Å². The number of benzene rings is 1. The van der Waals surface area contributed by atoms with Gasteiger partial charge in [0.1, 0.15) is 0 Å². The number of primary amides is 1. The first-order chi connectivity index (χ1) is 8.77. The molecule has 0 atom stereocenters. The van der Waals surface area contributed by atoms with Crippen molar-refractivity contribution in [2.45, 2.75) is 0 Å². The number of pyridine rings is 1. The predicted octanol–water partition coefficient (Wildman–Crippen LogP) is 2.68. The minimum Gasteiger partial charge on any atom is -0.366 e. The van der Waals surface area contributed by atoms with Gasteiger partial charge in [-0.25, -0.2) is 0 Å². The Kier molecular flexibility index (Phi) is 2.38. The van der Waals surface area contributed by atoms with Crippen molar-refractivity contribution in [3.8, 4) is 16.9 Å². The Morgan fingerprint density at radius 2 is 1.72 bits per heavy atom. The molecule has 3 nitrogen and oxygen atoms in total. The average Bonchev–Trinajstić information content (AvgIpc) is 2.86. The second-order valence-corrected chi connectivity index (χ2v) is 4.13. The van der Waals surface area contributed by atoms with E-state index in [9.17, 15) is 4.79 Å². The van der Waals surface area contributed by atoms with Crippen molar-refractivity contribution in [1.82, 2.24) is 4.57 Å².